The second-order valence-corrected chi connectivity index (χ2v) is 4.61. The van der Waals surface area contributed by atoms with Crippen molar-refractivity contribution in [2.45, 2.75) is 19.0 Å². The summed E-state index contributed by atoms with van der Waals surface area (Å²) < 4.78 is 5.37. The van der Waals surface area contributed by atoms with Gasteiger partial charge in [-0.05, 0) is 31.2 Å². The maximum Gasteiger partial charge on any atom is 0.265 e. The first-order valence-corrected chi connectivity index (χ1v) is 6.08. The van der Waals surface area contributed by atoms with Gasteiger partial charge in [-0.2, -0.15) is 0 Å². The number of nitrogens with zero attached hydrogens (tertiary/aromatic N) is 1. The minimum Gasteiger partial charge on any atom is -0.380 e. The number of ether oxygens (including phenoxy) is 1. The Kier molecular flexibility index (Phi) is 4.30. The van der Waals surface area contributed by atoms with Crippen LogP contribution in [0.25, 0.3) is 0 Å². The number of nitrogen functional groups attached to an aromatic ring is 1. The Morgan fingerprint density at radius 2 is 2.44 bits per heavy atom. The number of rotatable bonds is 4. The van der Waals surface area contributed by atoms with E-state index in [0.29, 0.717) is 11.6 Å². The second-order valence-electron chi connectivity index (χ2n) is 4.61. The lowest BCUT2D eigenvalue weighted by Crippen LogP contribution is -2.32. The van der Waals surface area contributed by atoms with Gasteiger partial charge in [0.15, 0.2) is 0 Å². The fraction of sp³-hybridized carbons (Fsp3) is 0.462. The maximum absolute atomic E-state index is 11.4. The van der Waals surface area contributed by atoms with Crippen molar-refractivity contribution in [2.24, 2.45) is 5.84 Å². The SMILES string of the molecule is CN(Cc1cccc(C(=O)NN)c1)C1CCOC1. The highest BCUT2D eigenvalue weighted by molar-refractivity contribution is 5.93. The monoisotopic (exact) mass is 249 g/mol. The summed E-state index contributed by atoms with van der Waals surface area (Å²) in [5.41, 5.74) is 3.84. The molecule has 0 saturated carbocycles. The fourth-order valence-corrected chi connectivity index (χ4v) is 2.18. The largest absolute Gasteiger partial charge is 0.380 e. The van der Waals surface area contributed by atoms with Crippen LogP contribution in [0.4, 0.5) is 0 Å². The smallest absolute Gasteiger partial charge is 0.265 e. The lowest BCUT2D eigenvalue weighted by atomic mass is 10.1. The third kappa shape index (κ3) is 3.07. The molecule has 1 aliphatic rings. The molecule has 1 unspecified atom stereocenters. The average molecular weight is 249 g/mol. The highest BCUT2D eigenvalue weighted by Gasteiger charge is 2.20. The van der Waals surface area contributed by atoms with E-state index in [-0.39, 0.29) is 5.91 Å². The van der Waals surface area contributed by atoms with Crippen LogP contribution >= 0.6 is 0 Å². The summed E-state index contributed by atoms with van der Waals surface area (Å²) in [7, 11) is 2.08. The van der Waals surface area contributed by atoms with E-state index in [9.17, 15) is 4.79 Å². The van der Waals surface area contributed by atoms with E-state index >= 15 is 0 Å². The van der Waals surface area contributed by atoms with Crippen LogP contribution < -0.4 is 11.3 Å². The molecule has 2 rings (SSSR count). The molecule has 5 nitrogen and oxygen atoms in total. The molecule has 1 saturated heterocycles. The number of hydrazine groups is 1. The van der Waals surface area contributed by atoms with Crippen LogP contribution in [-0.2, 0) is 11.3 Å². The van der Waals surface area contributed by atoms with Crippen LogP contribution in [0, 0.1) is 0 Å². The molecule has 1 fully saturated rings. The van der Waals surface area contributed by atoms with E-state index in [0.717, 1.165) is 31.7 Å². The Morgan fingerprint density at radius 1 is 1.61 bits per heavy atom. The average Bonchev–Trinajstić information content (AvgIpc) is 2.92. The normalized spacial score (nSPS) is 19.2. The number of hydrogen-bond donors (Lipinski definition) is 2. The van der Waals surface area contributed by atoms with Gasteiger partial charge < -0.3 is 4.74 Å². The number of nitrogens with two attached hydrogens (primary N) is 1. The minimum absolute atomic E-state index is 0.260. The number of carbonyl (C=O) groups is 1. The molecule has 98 valence electrons. The predicted molar refractivity (Wildman–Crippen MR) is 68.8 cm³/mol. The Balaban J connectivity index is 2.02. The van der Waals surface area contributed by atoms with Gasteiger partial charge in [0, 0.05) is 24.8 Å². The van der Waals surface area contributed by atoms with Gasteiger partial charge in [-0.3, -0.25) is 15.1 Å². The van der Waals surface area contributed by atoms with Gasteiger partial charge in [0.1, 0.15) is 0 Å². The summed E-state index contributed by atoms with van der Waals surface area (Å²) in [5, 5.41) is 0. The minimum atomic E-state index is -0.260. The van der Waals surface area contributed by atoms with E-state index in [1.807, 2.05) is 18.2 Å². The van der Waals surface area contributed by atoms with Crippen LogP contribution in [0.5, 0.6) is 0 Å². The number of carbonyl (C=O) groups excluding carboxylic acids is 1. The van der Waals surface area contributed by atoms with E-state index in [4.69, 9.17) is 10.6 Å². The molecule has 3 N–H and O–H groups in total. The first-order chi connectivity index (χ1) is 8.70. The number of benzene rings is 1. The van der Waals surface area contributed by atoms with Gasteiger partial charge in [-0.25, -0.2) is 5.84 Å². The highest BCUT2D eigenvalue weighted by Crippen LogP contribution is 2.14. The summed E-state index contributed by atoms with van der Waals surface area (Å²) in [6.45, 7) is 2.43. The van der Waals surface area contributed by atoms with E-state index in [1.54, 1.807) is 6.07 Å². The van der Waals surface area contributed by atoms with E-state index in [2.05, 4.69) is 17.4 Å². The molecular weight excluding hydrogens is 230 g/mol. The molecule has 0 aliphatic carbocycles. The second kappa shape index (κ2) is 5.95. The molecular formula is C13H19N3O2. The molecule has 1 heterocycles. The topological polar surface area (TPSA) is 67.6 Å². The van der Waals surface area contributed by atoms with Crippen LogP contribution in [0.3, 0.4) is 0 Å². The zero-order valence-electron chi connectivity index (χ0n) is 10.6. The molecule has 18 heavy (non-hydrogen) atoms. The quantitative estimate of drug-likeness (QED) is 0.463. The van der Waals surface area contributed by atoms with Gasteiger partial charge in [0.05, 0.1) is 6.61 Å². The summed E-state index contributed by atoms with van der Waals surface area (Å²) in [5.74, 6) is 4.87. The van der Waals surface area contributed by atoms with Crippen LogP contribution in [-0.4, -0.2) is 37.1 Å². The lowest BCUT2D eigenvalue weighted by Gasteiger charge is -2.22. The van der Waals surface area contributed by atoms with Crippen molar-refractivity contribution in [1.29, 1.82) is 0 Å². The fourth-order valence-electron chi connectivity index (χ4n) is 2.18. The predicted octanol–water partition coefficient (Wildman–Crippen LogP) is 0.511. The Bertz CT molecular complexity index is 416. The summed E-state index contributed by atoms with van der Waals surface area (Å²) in [6.07, 6.45) is 1.07. The van der Waals surface area contributed by atoms with Crippen molar-refractivity contribution in [3.8, 4) is 0 Å². The Morgan fingerprint density at radius 3 is 3.11 bits per heavy atom. The molecule has 0 aromatic heterocycles. The lowest BCUT2D eigenvalue weighted by molar-refractivity contribution is 0.0953. The maximum atomic E-state index is 11.4. The standard InChI is InChI=1S/C13H19N3O2/c1-16(12-5-6-18-9-12)8-10-3-2-4-11(7-10)13(17)15-14/h2-4,7,12H,5-6,8-9,14H2,1H3,(H,15,17). The van der Waals surface area contributed by atoms with Gasteiger partial charge in [-0.15, -0.1) is 0 Å². The molecule has 1 aromatic carbocycles. The third-order valence-electron chi connectivity index (χ3n) is 3.28. The molecule has 1 atom stereocenters. The Labute approximate surface area is 107 Å². The van der Waals surface area contributed by atoms with Gasteiger partial charge in [0.25, 0.3) is 5.91 Å². The van der Waals surface area contributed by atoms with E-state index < -0.39 is 0 Å². The molecule has 0 bridgehead atoms. The van der Waals surface area contributed by atoms with Crippen LogP contribution in [0.1, 0.15) is 22.3 Å². The zero-order chi connectivity index (χ0) is 13.0. The van der Waals surface area contributed by atoms with Crippen molar-refractivity contribution < 1.29 is 9.53 Å². The Hall–Kier alpha value is -1.43. The summed E-state index contributed by atoms with van der Waals surface area (Å²) >= 11 is 0. The first kappa shape index (κ1) is 13.0. The number of likely N-dealkylation sites (N-methyl/N-ethyl adjacent to an activating group) is 1. The molecule has 5 heteroatoms. The number of hydrogen-bond acceptors (Lipinski definition) is 4. The number of nitrogens with one attached hydrogen (secondary N) is 1. The molecule has 1 aliphatic heterocycles. The number of amides is 1. The van der Waals surface area contributed by atoms with Crippen molar-refractivity contribution in [3.63, 3.8) is 0 Å². The van der Waals surface area contributed by atoms with E-state index in [1.165, 1.54) is 0 Å². The molecule has 0 radical (unpaired) electrons. The highest BCUT2D eigenvalue weighted by atomic mass is 16.5. The van der Waals surface area contributed by atoms with Crippen molar-refractivity contribution >= 4 is 5.91 Å². The molecule has 1 amide bonds. The molecule has 1 aromatic rings. The first-order valence-electron chi connectivity index (χ1n) is 6.08. The van der Waals surface area contributed by atoms with Crippen molar-refractivity contribution in [2.75, 3.05) is 20.3 Å². The zero-order valence-corrected chi connectivity index (χ0v) is 10.6. The van der Waals surface area contributed by atoms with Crippen molar-refractivity contribution in [3.05, 3.63) is 35.4 Å². The van der Waals surface area contributed by atoms with Gasteiger partial charge in [-0.1, -0.05) is 12.1 Å². The van der Waals surface area contributed by atoms with Gasteiger partial charge >= 0.3 is 0 Å². The van der Waals surface area contributed by atoms with Gasteiger partial charge in [0.2, 0.25) is 0 Å². The third-order valence-corrected chi connectivity index (χ3v) is 3.28. The summed E-state index contributed by atoms with van der Waals surface area (Å²) in [6, 6.07) is 7.98. The summed E-state index contributed by atoms with van der Waals surface area (Å²) in [4.78, 5) is 13.7. The van der Waals surface area contributed by atoms with Crippen molar-refractivity contribution in [1.82, 2.24) is 10.3 Å². The van der Waals surface area contributed by atoms with Crippen LogP contribution in [0.15, 0.2) is 24.3 Å². The molecule has 0 spiro atoms. The van der Waals surface area contributed by atoms with Crippen LogP contribution in [0.2, 0.25) is 0 Å².